The molecule has 1 N–H and O–H groups in total. The Balaban J connectivity index is 2.74. The molecule has 5 nitrogen and oxygen atoms in total. The minimum Gasteiger partial charge on any atom is -0.355 e. The molecule has 0 unspecified atom stereocenters. The van der Waals surface area contributed by atoms with E-state index in [1.807, 2.05) is 26.8 Å². The van der Waals surface area contributed by atoms with Gasteiger partial charge in [-0.05, 0) is 32.3 Å². The topological polar surface area (TPSA) is 69.0 Å². The molecule has 0 aliphatic rings. The van der Waals surface area contributed by atoms with Gasteiger partial charge in [-0.25, -0.2) is 0 Å². The van der Waals surface area contributed by atoms with Crippen molar-refractivity contribution in [3.8, 4) is 6.07 Å². The second kappa shape index (κ2) is 5.55. The van der Waals surface area contributed by atoms with Crippen LogP contribution in [0.1, 0.15) is 26.3 Å². The lowest BCUT2D eigenvalue weighted by molar-refractivity contribution is -0.121. The van der Waals surface area contributed by atoms with Gasteiger partial charge < -0.3 is 10.2 Å². The van der Waals surface area contributed by atoms with E-state index in [-0.39, 0.29) is 23.1 Å². The maximum Gasteiger partial charge on any atom is 0.239 e. The molecule has 98 valence electrons. The second-order valence-corrected chi connectivity index (χ2v) is 6.03. The average molecular weight is 287 g/mol. The molecule has 0 bridgehead atoms. The molecule has 0 saturated carbocycles. The minimum absolute atomic E-state index is 0.113. The number of carbonyl (C=O) groups is 1. The molecule has 0 spiro atoms. The Morgan fingerprint density at radius 2 is 2.22 bits per heavy atom. The number of amides is 1. The maximum atomic E-state index is 11.8. The molecular weight excluding hydrogens is 272 g/mol. The van der Waals surface area contributed by atoms with Crippen molar-refractivity contribution in [2.45, 2.75) is 26.3 Å². The maximum absolute atomic E-state index is 11.8. The Morgan fingerprint density at radius 3 is 2.72 bits per heavy atom. The van der Waals surface area contributed by atoms with Crippen LogP contribution in [0.2, 0.25) is 5.15 Å². The van der Waals surface area contributed by atoms with Crippen LogP contribution in [0, 0.1) is 11.3 Å². The summed E-state index contributed by atoms with van der Waals surface area (Å²) in [6.07, 6.45) is 0. The lowest BCUT2D eigenvalue weighted by Crippen LogP contribution is -2.45. The van der Waals surface area contributed by atoms with Crippen LogP contribution in [0.25, 0.3) is 0 Å². The van der Waals surface area contributed by atoms with Crippen LogP contribution in [0.4, 0.5) is 5.00 Å². The van der Waals surface area contributed by atoms with Crippen molar-refractivity contribution >= 4 is 34.0 Å². The fourth-order valence-corrected chi connectivity index (χ4v) is 2.35. The first-order chi connectivity index (χ1) is 8.24. The van der Waals surface area contributed by atoms with E-state index in [4.69, 9.17) is 16.9 Å². The van der Waals surface area contributed by atoms with Gasteiger partial charge in [0.1, 0.15) is 16.6 Å². The van der Waals surface area contributed by atoms with Crippen molar-refractivity contribution in [2.24, 2.45) is 0 Å². The highest BCUT2D eigenvalue weighted by atomic mass is 35.5. The third-order valence-electron chi connectivity index (χ3n) is 1.99. The Labute approximate surface area is 116 Å². The van der Waals surface area contributed by atoms with E-state index in [0.717, 1.165) is 11.5 Å². The number of nitrogens with zero attached hydrogens (tertiary/aromatic N) is 3. The number of anilines is 1. The van der Waals surface area contributed by atoms with Crippen LogP contribution in [0.5, 0.6) is 0 Å². The summed E-state index contributed by atoms with van der Waals surface area (Å²) in [6, 6.07) is 1.99. The normalized spacial score (nSPS) is 10.9. The van der Waals surface area contributed by atoms with Gasteiger partial charge in [0, 0.05) is 12.6 Å². The molecule has 0 fully saturated rings. The van der Waals surface area contributed by atoms with Crippen molar-refractivity contribution < 1.29 is 4.79 Å². The van der Waals surface area contributed by atoms with Crippen molar-refractivity contribution in [2.75, 3.05) is 18.5 Å². The first-order valence-corrected chi connectivity index (χ1v) is 6.47. The van der Waals surface area contributed by atoms with Gasteiger partial charge in [-0.1, -0.05) is 11.6 Å². The van der Waals surface area contributed by atoms with Crippen LogP contribution in [0.3, 0.4) is 0 Å². The Bertz CT molecular complexity index is 486. The van der Waals surface area contributed by atoms with E-state index < -0.39 is 0 Å². The Kier molecular flexibility index (Phi) is 4.54. The highest BCUT2D eigenvalue weighted by Gasteiger charge is 2.19. The van der Waals surface area contributed by atoms with E-state index in [0.29, 0.717) is 10.6 Å². The van der Waals surface area contributed by atoms with Crippen LogP contribution >= 0.6 is 23.1 Å². The monoisotopic (exact) mass is 286 g/mol. The number of hydrogen-bond donors (Lipinski definition) is 1. The van der Waals surface area contributed by atoms with Gasteiger partial charge in [0.2, 0.25) is 5.91 Å². The number of nitriles is 1. The zero-order valence-corrected chi connectivity index (χ0v) is 12.3. The van der Waals surface area contributed by atoms with Crippen molar-refractivity contribution in [1.29, 1.82) is 5.26 Å². The molecule has 0 aromatic carbocycles. The average Bonchev–Trinajstić information content (AvgIpc) is 2.56. The van der Waals surface area contributed by atoms with E-state index in [1.165, 1.54) is 0 Å². The summed E-state index contributed by atoms with van der Waals surface area (Å²) in [5.41, 5.74) is 0.0362. The summed E-state index contributed by atoms with van der Waals surface area (Å²) in [5, 5.41) is 12.6. The van der Waals surface area contributed by atoms with E-state index >= 15 is 0 Å². The van der Waals surface area contributed by atoms with Gasteiger partial charge in [-0.2, -0.15) is 9.64 Å². The lowest BCUT2D eigenvalue weighted by atomic mass is 10.1. The number of carbonyl (C=O) groups excluding carboxylic acids is 1. The summed E-state index contributed by atoms with van der Waals surface area (Å²) in [4.78, 5) is 13.4. The van der Waals surface area contributed by atoms with Crippen molar-refractivity contribution in [3.63, 3.8) is 0 Å². The molecule has 1 amide bonds. The molecule has 0 radical (unpaired) electrons. The summed E-state index contributed by atoms with van der Waals surface area (Å²) >= 11 is 6.89. The predicted molar refractivity (Wildman–Crippen MR) is 73.0 cm³/mol. The zero-order valence-electron chi connectivity index (χ0n) is 10.7. The molecular formula is C11H15ClN4OS. The number of hydrogen-bond acceptors (Lipinski definition) is 5. The smallest absolute Gasteiger partial charge is 0.239 e. The van der Waals surface area contributed by atoms with Crippen molar-refractivity contribution in [1.82, 2.24) is 9.69 Å². The standard InChI is InChI=1S/C11H15ClN4OS/c1-11(2,3)14-8(17)6-16(4)10-7(5-13)9(12)15-18-10/h6H2,1-4H3,(H,14,17). The molecule has 1 heterocycles. The summed E-state index contributed by atoms with van der Waals surface area (Å²) in [5.74, 6) is -0.113. The Morgan fingerprint density at radius 1 is 1.61 bits per heavy atom. The van der Waals surface area contributed by atoms with Gasteiger partial charge >= 0.3 is 0 Å². The molecule has 7 heteroatoms. The second-order valence-electron chi connectivity index (χ2n) is 4.92. The van der Waals surface area contributed by atoms with Crippen LogP contribution in [0.15, 0.2) is 0 Å². The van der Waals surface area contributed by atoms with Crippen LogP contribution < -0.4 is 10.2 Å². The fraction of sp³-hybridized carbons (Fsp3) is 0.545. The highest BCUT2D eigenvalue weighted by Crippen LogP contribution is 2.30. The number of halogens is 1. The molecule has 0 saturated heterocycles. The predicted octanol–water partition coefficient (Wildman–Crippen LogP) is 2.02. The molecule has 0 aliphatic heterocycles. The van der Waals surface area contributed by atoms with Gasteiger partial charge in [-0.3, -0.25) is 4.79 Å². The van der Waals surface area contributed by atoms with E-state index in [9.17, 15) is 4.79 Å². The molecule has 0 atom stereocenters. The van der Waals surface area contributed by atoms with Crippen LogP contribution in [-0.4, -0.2) is 29.4 Å². The molecule has 1 aromatic heterocycles. The third-order valence-corrected chi connectivity index (χ3v) is 3.32. The summed E-state index contributed by atoms with van der Waals surface area (Å²) in [6.45, 7) is 5.89. The van der Waals surface area contributed by atoms with E-state index in [2.05, 4.69) is 9.69 Å². The van der Waals surface area contributed by atoms with Gasteiger partial charge in [0.15, 0.2) is 5.15 Å². The number of aromatic nitrogens is 1. The molecule has 1 rings (SSSR count). The number of rotatable bonds is 3. The third kappa shape index (κ3) is 3.86. The molecule has 18 heavy (non-hydrogen) atoms. The van der Waals surface area contributed by atoms with E-state index in [1.54, 1.807) is 11.9 Å². The lowest BCUT2D eigenvalue weighted by Gasteiger charge is -2.23. The van der Waals surface area contributed by atoms with Crippen molar-refractivity contribution in [3.05, 3.63) is 10.7 Å². The first kappa shape index (κ1) is 14.7. The minimum atomic E-state index is -0.276. The van der Waals surface area contributed by atoms with Gasteiger partial charge in [0.05, 0.1) is 6.54 Å². The largest absolute Gasteiger partial charge is 0.355 e. The molecule has 1 aromatic rings. The summed E-state index contributed by atoms with van der Waals surface area (Å²) < 4.78 is 3.90. The first-order valence-electron chi connectivity index (χ1n) is 5.32. The highest BCUT2D eigenvalue weighted by molar-refractivity contribution is 7.10. The quantitative estimate of drug-likeness (QED) is 0.923. The fourth-order valence-electron chi connectivity index (χ4n) is 1.36. The van der Waals surface area contributed by atoms with Crippen LogP contribution in [-0.2, 0) is 4.79 Å². The Hall–Kier alpha value is -1.32. The molecule has 0 aliphatic carbocycles. The van der Waals surface area contributed by atoms with Gasteiger partial charge in [-0.15, -0.1) is 0 Å². The summed E-state index contributed by atoms with van der Waals surface area (Å²) in [7, 11) is 1.73. The zero-order chi connectivity index (χ0) is 13.9. The SMILES string of the molecule is CN(CC(=O)NC(C)(C)C)c1snc(Cl)c1C#N. The van der Waals surface area contributed by atoms with Gasteiger partial charge in [0.25, 0.3) is 0 Å². The number of likely N-dealkylation sites (N-methyl/N-ethyl adjacent to an activating group) is 1. The number of nitrogens with one attached hydrogen (secondary N) is 1.